The summed E-state index contributed by atoms with van der Waals surface area (Å²) in [6.45, 7) is 0.815. The number of hydrogen-bond acceptors (Lipinski definition) is 2. The van der Waals surface area contributed by atoms with E-state index >= 15 is 0 Å². The van der Waals surface area contributed by atoms with Crippen LogP contribution >= 0.6 is 0 Å². The largest absolute Gasteiger partial charge is 0.508 e. The van der Waals surface area contributed by atoms with Crippen molar-refractivity contribution in [1.82, 2.24) is 0 Å². The minimum atomic E-state index is 0.300. The van der Waals surface area contributed by atoms with Crippen LogP contribution in [-0.2, 0) is 6.54 Å². The van der Waals surface area contributed by atoms with E-state index in [2.05, 4.69) is 29.6 Å². The topological polar surface area (TPSA) is 32.3 Å². The van der Waals surface area contributed by atoms with Crippen molar-refractivity contribution in [1.29, 1.82) is 0 Å². The lowest BCUT2D eigenvalue weighted by atomic mass is 10.1. The van der Waals surface area contributed by atoms with Gasteiger partial charge in [0, 0.05) is 12.2 Å². The van der Waals surface area contributed by atoms with Gasteiger partial charge in [0.05, 0.1) is 0 Å². The van der Waals surface area contributed by atoms with E-state index in [0.29, 0.717) is 5.75 Å². The molecule has 18 heavy (non-hydrogen) atoms. The van der Waals surface area contributed by atoms with E-state index in [0.717, 1.165) is 18.2 Å². The number of phenolic OH excluding ortho intramolecular Hbond substituents is 1. The van der Waals surface area contributed by atoms with E-state index in [1.165, 1.54) is 24.0 Å². The zero-order chi connectivity index (χ0) is 12.4. The summed E-state index contributed by atoms with van der Waals surface area (Å²) < 4.78 is 0. The molecule has 1 fully saturated rings. The minimum absolute atomic E-state index is 0.300. The highest BCUT2D eigenvalue weighted by atomic mass is 16.3. The third-order valence-electron chi connectivity index (χ3n) is 3.39. The van der Waals surface area contributed by atoms with Crippen LogP contribution in [0.1, 0.15) is 29.9 Å². The van der Waals surface area contributed by atoms with Crippen molar-refractivity contribution < 1.29 is 5.11 Å². The Balaban J connectivity index is 1.60. The molecule has 0 spiro atoms. The van der Waals surface area contributed by atoms with Crippen LogP contribution in [0.4, 0.5) is 5.69 Å². The Kier molecular flexibility index (Phi) is 2.93. The van der Waals surface area contributed by atoms with Crippen molar-refractivity contribution in [3.05, 3.63) is 59.7 Å². The Hall–Kier alpha value is -1.96. The van der Waals surface area contributed by atoms with Crippen LogP contribution in [0.25, 0.3) is 0 Å². The van der Waals surface area contributed by atoms with Gasteiger partial charge >= 0.3 is 0 Å². The predicted molar refractivity (Wildman–Crippen MR) is 73.9 cm³/mol. The lowest BCUT2D eigenvalue weighted by molar-refractivity contribution is 0.475. The smallest absolute Gasteiger partial charge is 0.115 e. The fourth-order valence-corrected chi connectivity index (χ4v) is 2.11. The van der Waals surface area contributed by atoms with Crippen molar-refractivity contribution >= 4 is 5.69 Å². The monoisotopic (exact) mass is 239 g/mol. The Morgan fingerprint density at radius 2 is 1.61 bits per heavy atom. The van der Waals surface area contributed by atoms with Gasteiger partial charge in [0.2, 0.25) is 0 Å². The van der Waals surface area contributed by atoms with Crippen LogP contribution in [0.5, 0.6) is 5.75 Å². The molecule has 0 atom stereocenters. The molecular formula is C16H17NO. The standard InChI is InChI=1S/C16H17NO/c18-16-9-7-15(8-10-16)17-11-12-1-3-13(4-2-12)14-5-6-14/h1-4,7-10,14,17-18H,5-6,11H2. The average molecular weight is 239 g/mol. The molecule has 2 N–H and O–H groups in total. The van der Waals surface area contributed by atoms with Crippen molar-refractivity contribution in [2.45, 2.75) is 25.3 Å². The van der Waals surface area contributed by atoms with Gasteiger partial charge in [-0.2, -0.15) is 0 Å². The van der Waals surface area contributed by atoms with E-state index in [9.17, 15) is 5.11 Å². The summed E-state index contributed by atoms with van der Waals surface area (Å²) in [6.07, 6.45) is 2.70. The summed E-state index contributed by atoms with van der Waals surface area (Å²) in [5, 5.41) is 12.5. The quantitative estimate of drug-likeness (QED) is 0.793. The van der Waals surface area contributed by atoms with Crippen LogP contribution in [0.3, 0.4) is 0 Å². The summed E-state index contributed by atoms with van der Waals surface area (Å²) in [5.74, 6) is 1.12. The fourth-order valence-electron chi connectivity index (χ4n) is 2.11. The zero-order valence-corrected chi connectivity index (χ0v) is 10.3. The number of nitrogens with one attached hydrogen (secondary N) is 1. The molecule has 2 nitrogen and oxygen atoms in total. The van der Waals surface area contributed by atoms with Gasteiger partial charge in [-0.1, -0.05) is 24.3 Å². The van der Waals surface area contributed by atoms with E-state index < -0.39 is 0 Å². The lowest BCUT2D eigenvalue weighted by Gasteiger charge is -2.07. The predicted octanol–water partition coefficient (Wildman–Crippen LogP) is 3.88. The molecule has 0 saturated heterocycles. The Bertz CT molecular complexity index is 512. The van der Waals surface area contributed by atoms with Gasteiger partial charge in [0.25, 0.3) is 0 Å². The average Bonchev–Trinajstić information content (AvgIpc) is 3.23. The number of phenols is 1. The molecule has 2 aromatic rings. The molecule has 92 valence electrons. The molecule has 0 unspecified atom stereocenters. The summed E-state index contributed by atoms with van der Waals surface area (Å²) in [4.78, 5) is 0. The molecule has 0 amide bonds. The van der Waals surface area contributed by atoms with Gasteiger partial charge < -0.3 is 10.4 Å². The van der Waals surface area contributed by atoms with Gasteiger partial charge in [-0.15, -0.1) is 0 Å². The number of hydrogen-bond donors (Lipinski definition) is 2. The molecule has 3 rings (SSSR count). The van der Waals surface area contributed by atoms with Crippen LogP contribution in [0.2, 0.25) is 0 Å². The number of anilines is 1. The molecule has 2 aromatic carbocycles. The lowest BCUT2D eigenvalue weighted by Crippen LogP contribution is -1.98. The molecular weight excluding hydrogens is 222 g/mol. The highest BCUT2D eigenvalue weighted by molar-refractivity contribution is 5.46. The first-order valence-electron chi connectivity index (χ1n) is 6.43. The summed E-state index contributed by atoms with van der Waals surface area (Å²) in [6, 6.07) is 16.0. The van der Waals surface area contributed by atoms with Crippen molar-refractivity contribution in [3.63, 3.8) is 0 Å². The second kappa shape index (κ2) is 4.73. The summed E-state index contributed by atoms with van der Waals surface area (Å²) >= 11 is 0. The zero-order valence-electron chi connectivity index (χ0n) is 10.3. The molecule has 0 aromatic heterocycles. The molecule has 0 bridgehead atoms. The summed E-state index contributed by atoms with van der Waals surface area (Å²) in [7, 11) is 0. The van der Waals surface area contributed by atoms with Gasteiger partial charge in [0.15, 0.2) is 0 Å². The van der Waals surface area contributed by atoms with Crippen molar-refractivity contribution in [2.24, 2.45) is 0 Å². The van der Waals surface area contributed by atoms with Crippen LogP contribution in [0, 0.1) is 0 Å². The summed E-state index contributed by atoms with van der Waals surface area (Å²) in [5.41, 5.74) is 3.79. The maximum atomic E-state index is 9.20. The van der Waals surface area contributed by atoms with Gasteiger partial charge in [-0.25, -0.2) is 0 Å². The van der Waals surface area contributed by atoms with Crippen molar-refractivity contribution in [2.75, 3.05) is 5.32 Å². The van der Waals surface area contributed by atoms with Crippen LogP contribution in [0.15, 0.2) is 48.5 Å². The number of aromatic hydroxyl groups is 1. The second-order valence-electron chi connectivity index (χ2n) is 4.92. The minimum Gasteiger partial charge on any atom is -0.508 e. The van der Waals surface area contributed by atoms with Gasteiger partial charge in [-0.3, -0.25) is 0 Å². The van der Waals surface area contributed by atoms with E-state index in [1.807, 2.05) is 12.1 Å². The molecule has 0 aliphatic heterocycles. The maximum absolute atomic E-state index is 9.20. The maximum Gasteiger partial charge on any atom is 0.115 e. The van der Waals surface area contributed by atoms with Crippen molar-refractivity contribution in [3.8, 4) is 5.75 Å². The normalized spacial score (nSPS) is 14.4. The highest BCUT2D eigenvalue weighted by Crippen LogP contribution is 2.39. The second-order valence-corrected chi connectivity index (χ2v) is 4.92. The Labute approximate surface area is 107 Å². The first-order chi connectivity index (χ1) is 8.81. The third kappa shape index (κ3) is 2.65. The molecule has 1 saturated carbocycles. The number of rotatable bonds is 4. The Morgan fingerprint density at radius 3 is 2.22 bits per heavy atom. The molecule has 2 heteroatoms. The highest BCUT2D eigenvalue weighted by Gasteiger charge is 2.22. The SMILES string of the molecule is Oc1ccc(NCc2ccc(C3CC3)cc2)cc1. The fraction of sp³-hybridized carbons (Fsp3) is 0.250. The van der Waals surface area contributed by atoms with E-state index in [4.69, 9.17) is 0 Å². The first kappa shape index (κ1) is 11.1. The van der Waals surface area contributed by atoms with Crippen LogP contribution < -0.4 is 5.32 Å². The van der Waals surface area contributed by atoms with Gasteiger partial charge in [-0.05, 0) is 54.2 Å². The third-order valence-corrected chi connectivity index (χ3v) is 3.39. The molecule has 1 aliphatic carbocycles. The van der Waals surface area contributed by atoms with E-state index in [-0.39, 0.29) is 0 Å². The molecule has 0 heterocycles. The molecule has 0 radical (unpaired) electrons. The number of benzene rings is 2. The van der Waals surface area contributed by atoms with Gasteiger partial charge in [0.1, 0.15) is 5.75 Å². The first-order valence-corrected chi connectivity index (χ1v) is 6.43. The van der Waals surface area contributed by atoms with Crippen LogP contribution in [-0.4, -0.2) is 5.11 Å². The Morgan fingerprint density at radius 1 is 0.944 bits per heavy atom. The molecule has 1 aliphatic rings. The van der Waals surface area contributed by atoms with E-state index in [1.54, 1.807) is 12.1 Å².